The third kappa shape index (κ3) is 6.88. The summed E-state index contributed by atoms with van der Waals surface area (Å²) >= 11 is 1.47. The molecule has 3 nitrogen and oxygen atoms in total. The topological polar surface area (TPSA) is 44.1 Å². The van der Waals surface area contributed by atoms with Crippen LogP contribution in [0.1, 0.15) is 45.0 Å². The fourth-order valence-electron chi connectivity index (χ4n) is 4.33. The van der Waals surface area contributed by atoms with Gasteiger partial charge in [-0.15, -0.1) is 5.69 Å². The van der Waals surface area contributed by atoms with E-state index in [1.54, 1.807) is 24.4 Å². The Balaban J connectivity index is 0.000000337. The Morgan fingerprint density at radius 2 is 1.28 bits per heavy atom. The first-order valence-corrected chi connectivity index (χ1v) is 13.6. The van der Waals surface area contributed by atoms with Crippen molar-refractivity contribution >= 4 is 32.1 Å². The average Bonchev–Trinajstić information content (AvgIpc) is 2.99. The average molecular weight is 630 g/mol. The molecule has 0 saturated heterocycles. The Morgan fingerprint density at radius 3 is 1.81 bits per heavy atom. The van der Waals surface area contributed by atoms with Gasteiger partial charge in [-0.2, -0.15) is 0 Å². The standard InChI is InChI=1S/C16H12N2O.C10H20.CH3.ClH.Ir/c19-16(13-6-2-1-3-7-13)18-14-10-4-8-12-9-5-11-17-15(12)14;1-6-7(2)9(4)10(5)8(6)3;;;/h1-11H,(H,18,19);6-10H,1-5H3;1H3;1H;/q;;-1;;+3/p-2. The minimum atomic E-state index is -0.251. The molecule has 0 radical (unpaired) electrons. The van der Waals surface area contributed by atoms with Gasteiger partial charge in [0, 0.05) is 6.20 Å². The fraction of sp³-hybridized carbons (Fsp3) is 0.370. The van der Waals surface area contributed by atoms with Crippen molar-refractivity contribution in [2.45, 2.75) is 34.6 Å². The Morgan fingerprint density at radius 1 is 0.781 bits per heavy atom. The molecular weight excluding hydrogens is 596 g/mol. The molecule has 0 unspecified atom stereocenters. The van der Waals surface area contributed by atoms with Crippen molar-refractivity contribution in [3.8, 4) is 0 Å². The number of benzene rings is 2. The zero-order chi connectivity index (χ0) is 23.0. The first-order valence-electron chi connectivity index (χ1n) is 10.7. The summed E-state index contributed by atoms with van der Waals surface area (Å²) in [6.07, 6.45) is 1.70. The van der Waals surface area contributed by atoms with E-state index in [4.69, 9.17) is 0 Å². The van der Waals surface area contributed by atoms with Gasteiger partial charge in [0.15, 0.2) is 0 Å². The van der Waals surface area contributed by atoms with Gasteiger partial charge in [-0.25, -0.2) is 0 Å². The van der Waals surface area contributed by atoms with Gasteiger partial charge in [-0.05, 0) is 46.6 Å². The summed E-state index contributed by atoms with van der Waals surface area (Å²) < 4.78 is 0. The number of fused-ring (bicyclic) bond motifs is 1. The first kappa shape index (κ1) is 28.3. The monoisotopic (exact) mass is 630 g/mol. The van der Waals surface area contributed by atoms with E-state index in [9.17, 15) is 4.79 Å². The number of para-hydroxylation sites is 1. The predicted molar refractivity (Wildman–Crippen MR) is 134 cm³/mol. The van der Waals surface area contributed by atoms with Crippen LogP contribution in [0.2, 0.25) is 0 Å². The number of hydrogen-bond donors (Lipinski definition) is 0. The Kier molecular flexibility index (Phi) is 12.1. The number of carbonyl (C=O) groups is 1. The van der Waals surface area contributed by atoms with E-state index in [0.29, 0.717) is 11.3 Å². The third-order valence-corrected chi connectivity index (χ3v) is 7.00. The van der Waals surface area contributed by atoms with Crippen LogP contribution in [0.25, 0.3) is 16.2 Å². The molecule has 0 atom stereocenters. The second-order valence-electron chi connectivity index (χ2n) is 8.43. The van der Waals surface area contributed by atoms with Crippen molar-refractivity contribution in [3.63, 3.8) is 0 Å². The van der Waals surface area contributed by atoms with Crippen molar-refractivity contribution < 1.29 is 22.7 Å². The molecule has 0 aliphatic heterocycles. The molecule has 2 aromatic carbocycles. The Bertz CT molecular complexity index is 916. The van der Waals surface area contributed by atoms with Gasteiger partial charge in [0.2, 0.25) is 0 Å². The Hall–Kier alpha value is -1.74. The Labute approximate surface area is 208 Å². The zero-order valence-electron chi connectivity index (χ0n) is 19.8. The molecule has 1 heterocycles. The maximum atomic E-state index is 12.1. The molecule has 1 aliphatic carbocycles. The fourth-order valence-corrected chi connectivity index (χ4v) is 4.33. The summed E-state index contributed by atoms with van der Waals surface area (Å²) in [5.74, 6) is 4.42. The number of rotatable bonds is 2. The molecule has 32 heavy (non-hydrogen) atoms. The van der Waals surface area contributed by atoms with E-state index in [1.807, 2.05) is 42.5 Å². The molecule has 0 spiro atoms. The first-order chi connectivity index (χ1) is 14.9. The van der Waals surface area contributed by atoms with Crippen molar-refractivity contribution in [3.05, 3.63) is 85.2 Å². The molecular formula is C27H34ClIrN2O. The van der Waals surface area contributed by atoms with Crippen LogP contribution >= 0.6 is 9.58 Å². The summed E-state index contributed by atoms with van der Waals surface area (Å²) in [6.45, 7) is 12.0. The number of aromatic nitrogens is 1. The van der Waals surface area contributed by atoms with Gasteiger partial charge < -0.3 is 17.5 Å². The van der Waals surface area contributed by atoms with Gasteiger partial charge in [-0.3, -0.25) is 4.98 Å². The quantitative estimate of drug-likeness (QED) is 0.267. The zero-order valence-corrected chi connectivity index (χ0v) is 22.9. The van der Waals surface area contributed by atoms with Gasteiger partial charge in [-0.1, -0.05) is 89.2 Å². The SMILES string of the molecule is CC1C(C)C(C)C(C)C1C.O=C([N-]c1cccc2cccnc12)c1ccccc1.[CH3-].[Cl][Ir+2]. The predicted octanol–water partition coefficient (Wildman–Crippen LogP) is 8.40. The number of carbonyl (C=O) groups excluding carboxylic acids is 1. The van der Waals surface area contributed by atoms with E-state index in [0.717, 1.165) is 40.5 Å². The van der Waals surface area contributed by atoms with Gasteiger partial charge >= 0.3 is 27.5 Å². The van der Waals surface area contributed by atoms with Crippen molar-refractivity contribution in [2.24, 2.45) is 29.6 Å². The van der Waals surface area contributed by atoms with Crippen LogP contribution in [0.5, 0.6) is 0 Å². The molecule has 1 aromatic heterocycles. The van der Waals surface area contributed by atoms with Crippen LogP contribution in [0.15, 0.2) is 66.9 Å². The van der Waals surface area contributed by atoms with Gasteiger partial charge in [0.1, 0.15) is 0 Å². The molecule has 1 fully saturated rings. The van der Waals surface area contributed by atoms with Crippen LogP contribution in [0.4, 0.5) is 5.69 Å². The van der Waals surface area contributed by atoms with Gasteiger partial charge in [0.05, 0.1) is 11.4 Å². The molecule has 1 saturated carbocycles. The number of hydrogen-bond acceptors (Lipinski definition) is 2. The van der Waals surface area contributed by atoms with E-state index < -0.39 is 0 Å². The summed E-state index contributed by atoms with van der Waals surface area (Å²) in [5.41, 5.74) is 1.93. The maximum absolute atomic E-state index is 12.1. The summed E-state index contributed by atoms with van der Waals surface area (Å²) in [6, 6.07) is 18.5. The van der Waals surface area contributed by atoms with Crippen molar-refractivity contribution in [1.29, 1.82) is 0 Å². The van der Waals surface area contributed by atoms with Gasteiger partial charge in [0.25, 0.3) is 0 Å². The van der Waals surface area contributed by atoms with Crippen molar-refractivity contribution in [1.82, 2.24) is 4.98 Å². The van der Waals surface area contributed by atoms with E-state index in [2.05, 4.69) is 54.5 Å². The van der Waals surface area contributed by atoms with E-state index >= 15 is 0 Å². The molecule has 3 aromatic rings. The molecule has 5 heteroatoms. The molecule has 0 bridgehead atoms. The van der Waals surface area contributed by atoms with Crippen molar-refractivity contribution in [2.75, 3.05) is 0 Å². The second kappa shape index (κ2) is 13.7. The number of pyridine rings is 1. The molecule has 1 aliphatic rings. The number of amides is 1. The van der Waals surface area contributed by atoms with Crippen LogP contribution in [-0.4, -0.2) is 10.9 Å². The van der Waals surface area contributed by atoms with E-state index in [-0.39, 0.29) is 13.3 Å². The normalized spacial score (nSPS) is 23.7. The number of halogens is 1. The molecule has 174 valence electrons. The number of nitrogens with zero attached hydrogens (tertiary/aromatic N) is 2. The summed E-state index contributed by atoms with van der Waals surface area (Å²) in [7, 11) is 4.64. The summed E-state index contributed by atoms with van der Waals surface area (Å²) in [5, 5.41) is 5.13. The van der Waals surface area contributed by atoms with Crippen LogP contribution < -0.4 is 0 Å². The van der Waals surface area contributed by atoms with Crippen LogP contribution in [-0.2, 0) is 17.9 Å². The third-order valence-electron chi connectivity index (χ3n) is 7.00. The molecule has 1 amide bonds. The molecule has 0 N–H and O–H groups in total. The summed E-state index contributed by atoms with van der Waals surface area (Å²) in [4.78, 5) is 16.3. The minimum absolute atomic E-state index is 0. The molecule has 4 rings (SSSR count). The second-order valence-corrected chi connectivity index (χ2v) is 8.43. The van der Waals surface area contributed by atoms with Crippen LogP contribution in [0, 0.1) is 37.0 Å². The van der Waals surface area contributed by atoms with E-state index in [1.165, 1.54) is 17.9 Å². The van der Waals surface area contributed by atoms with Crippen LogP contribution in [0.3, 0.4) is 0 Å².